The molecule has 0 amide bonds. The molecule has 1 heterocycles. The molecule has 4 heteroatoms. The topological polar surface area (TPSA) is 37.8 Å². The minimum absolute atomic E-state index is 0.964. The van der Waals surface area contributed by atoms with E-state index in [2.05, 4.69) is 34.0 Å². The Morgan fingerprint density at radius 1 is 1.38 bits per heavy atom. The Labute approximate surface area is 80.6 Å². The molecule has 0 atom stereocenters. The van der Waals surface area contributed by atoms with Crippen LogP contribution >= 0.6 is 11.5 Å². The van der Waals surface area contributed by atoms with Gasteiger partial charge in [0.2, 0.25) is 0 Å². The zero-order chi connectivity index (χ0) is 9.10. The van der Waals surface area contributed by atoms with Crippen molar-refractivity contribution >= 4 is 22.2 Å². The normalized spacial score (nSPS) is 9.92. The van der Waals surface area contributed by atoms with Gasteiger partial charge in [-0.3, -0.25) is 0 Å². The van der Waals surface area contributed by atoms with Gasteiger partial charge in [-0.15, -0.1) is 5.10 Å². The second kappa shape index (κ2) is 3.53. The third kappa shape index (κ3) is 2.03. The van der Waals surface area contributed by atoms with E-state index in [1.54, 1.807) is 6.20 Å². The number of rotatable bonds is 2. The first kappa shape index (κ1) is 8.19. The van der Waals surface area contributed by atoms with Crippen molar-refractivity contribution in [2.75, 3.05) is 5.32 Å². The average Bonchev–Trinajstić information content (AvgIpc) is 2.57. The number of nitrogens with one attached hydrogen (secondary N) is 1. The number of benzene rings is 1. The van der Waals surface area contributed by atoms with E-state index in [0.29, 0.717) is 0 Å². The third-order valence-electron chi connectivity index (χ3n) is 1.65. The fraction of sp³-hybridized carbons (Fsp3) is 0.111. The highest BCUT2D eigenvalue weighted by molar-refractivity contribution is 7.09. The van der Waals surface area contributed by atoms with Crippen LogP contribution in [0.5, 0.6) is 0 Å². The van der Waals surface area contributed by atoms with Gasteiger partial charge in [0.25, 0.3) is 0 Å². The largest absolute Gasteiger partial charge is 0.345 e. The van der Waals surface area contributed by atoms with Gasteiger partial charge in [0.15, 0.2) is 0 Å². The third-order valence-corrected chi connectivity index (χ3v) is 2.23. The van der Waals surface area contributed by atoms with Gasteiger partial charge in [0, 0.05) is 17.2 Å². The highest BCUT2D eigenvalue weighted by atomic mass is 32.1. The monoisotopic (exact) mass is 191 g/mol. The Balaban J connectivity index is 2.19. The van der Waals surface area contributed by atoms with Gasteiger partial charge >= 0.3 is 0 Å². The molecular formula is C9H9N3S. The number of nitrogens with zero attached hydrogens (tertiary/aromatic N) is 2. The van der Waals surface area contributed by atoms with Crippen molar-refractivity contribution in [3.8, 4) is 0 Å². The highest BCUT2D eigenvalue weighted by Gasteiger charge is 1.95. The van der Waals surface area contributed by atoms with E-state index in [9.17, 15) is 0 Å². The van der Waals surface area contributed by atoms with Crippen molar-refractivity contribution in [3.63, 3.8) is 0 Å². The summed E-state index contributed by atoms with van der Waals surface area (Å²) >= 11 is 1.35. The predicted molar refractivity (Wildman–Crippen MR) is 54.4 cm³/mol. The highest BCUT2D eigenvalue weighted by Crippen LogP contribution is 2.18. The minimum atomic E-state index is 0.964. The zero-order valence-corrected chi connectivity index (χ0v) is 8.01. The summed E-state index contributed by atoms with van der Waals surface area (Å²) < 4.78 is 3.77. The molecular weight excluding hydrogens is 182 g/mol. The number of hydrogen-bond donors (Lipinski definition) is 1. The summed E-state index contributed by atoms with van der Waals surface area (Å²) in [5, 5.41) is 7.93. The standard InChI is InChI=1S/C9H9N3S/c1-7-3-2-4-8(5-7)11-9-6-10-12-13-9/h2-6,11H,1H3. The van der Waals surface area contributed by atoms with Crippen LogP contribution in [-0.4, -0.2) is 9.59 Å². The first-order chi connectivity index (χ1) is 6.34. The molecule has 0 bridgehead atoms. The lowest BCUT2D eigenvalue weighted by atomic mass is 10.2. The second-order valence-electron chi connectivity index (χ2n) is 2.78. The smallest absolute Gasteiger partial charge is 0.134 e. The second-order valence-corrected chi connectivity index (χ2v) is 3.56. The fourth-order valence-corrected chi connectivity index (χ4v) is 1.53. The van der Waals surface area contributed by atoms with Gasteiger partial charge in [-0.2, -0.15) is 0 Å². The van der Waals surface area contributed by atoms with E-state index in [4.69, 9.17) is 0 Å². The molecule has 2 aromatic rings. The van der Waals surface area contributed by atoms with Crippen molar-refractivity contribution in [1.82, 2.24) is 9.59 Å². The van der Waals surface area contributed by atoms with E-state index in [0.717, 1.165) is 10.7 Å². The van der Waals surface area contributed by atoms with Gasteiger partial charge in [-0.25, -0.2) is 0 Å². The van der Waals surface area contributed by atoms with Gasteiger partial charge in [-0.05, 0) is 24.6 Å². The maximum Gasteiger partial charge on any atom is 0.134 e. The van der Waals surface area contributed by atoms with Crippen molar-refractivity contribution in [1.29, 1.82) is 0 Å². The molecule has 66 valence electrons. The first-order valence-corrected chi connectivity index (χ1v) is 4.73. The molecule has 0 fully saturated rings. The van der Waals surface area contributed by atoms with Crippen molar-refractivity contribution in [2.24, 2.45) is 0 Å². The van der Waals surface area contributed by atoms with Crippen molar-refractivity contribution in [3.05, 3.63) is 36.0 Å². The first-order valence-electron chi connectivity index (χ1n) is 3.95. The summed E-state index contributed by atoms with van der Waals surface area (Å²) in [7, 11) is 0. The van der Waals surface area contributed by atoms with Crippen molar-refractivity contribution < 1.29 is 0 Å². The van der Waals surface area contributed by atoms with E-state index < -0.39 is 0 Å². The van der Waals surface area contributed by atoms with E-state index in [1.165, 1.54) is 17.1 Å². The summed E-state index contributed by atoms with van der Waals surface area (Å²) in [6.45, 7) is 2.07. The minimum Gasteiger partial charge on any atom is -0.345 e. The average molecular weight is 191 g/mol. The van der Waals surface area contributed by atoms with Crippen LogP contribution in [-0.2, 0) is 0 Å². The summed E-state index contributed by atoms with van der Waals surface area (Å²) in [5.74, 6) is 0. The SMILES string of the molecule is Cc1cccc(Nc2cnns2)c1. The Morgan fingerprint density at radius 3 is 3.00 bits per heavy atom. The molecule has 1 N–H and O–H groups in total. The van der Waals surface area contributed by atoms with Crippen LogP contribution in [0.25, 0.3) is 0 Å². The lowest BCUT2D eigenvalue weighted by Crippen LogP contribution is -1.86. The van der Waals surface area contributed by atoms with E-state index in [-0.39, 0.29) is 0 Å². The predicted octanol–water partition coefficient (Wildman–Crippen LogP) is 2.59. The molecule has 0 unspecified atom stereocenters. The molecule has 0 saturated carbocycles. The quantitative estimate of drug-likeness (QED) is 0.792. The molecule has 0 aliphatic rings. The van der Waals surface area contributed by atoms with Gasteiger partial charge < -0.3 is 5.32 Å². The Hall–Kier alpha value is -1.42. The van der Waals surface area contributed by atoms with Gasteiger partial charge in [0.1, 0.15) is 5.00 Å². The molecule has 13 heavy (non-hydrogen) atoms. The zero-order valence-electron chi connectivity index (χ0n) is 7.19. The molecule has 0 radical (unpaired) electrons. The summed E-state index contributed by atoms with van der Waals surface area (Å²) in [4.78, 5) is 0. The van der Waals surface area contributed by atoms with Gasteiger partial charge in [0.05, 0.1) is 6.20 Å². The van der Waals surface area contributed by atoms with Crippen LogP contribution in [0.3, 0.4) is 0 Å². The lowest BCUT2D eigenvalue weighted by Gasteiger charge is -2.02. The Morgan fingerprint density at radius 2 is 2.31 bits per heavy atom. The fourth-order valence-electron chi connectivity index (χ4n) is 1.09. The van der Waals surface area contributed by atoms with Gasteiger partial charge in [-0.1, -0.05) is 16.6 Å². The van der Waals surface area contributed by atoms with Crippen molar-refractivity contribution in [2.45, 2.75) is 6.92 Å². The van der Waals surface area contributed by atoms with Crippen LogP contribution in [0, 0.1) is 6.92 Å². The number of anilines is 2. The summed E-state index contributed by atoms with van der Waals surface area (Å²) in [6, 6.07) is 8.19. The molecule has 0 spiro atoms. The Kier molecular flexibility index (Phi) is 2.23. The molecule has 1 aromatic carbocycles. The molecule has 2 rings (SSSR count). The lowest BCUT2D eigenvalue weighted by molar-refractivity contribution is 1.16. The summed E-state index contributed by atoms with van der Waals surface area (Å²) in [6.07, 6.45) is 1.72. The van der Waals surface area contributed by atoms with E-state index >= 15 is 0 Å². The maximum atomic E-state index is 3.77. The Bertz CT molecular complexity index is 384. The number of aromatic nitrogens is 2. The van der Waals surface area contributed by atoms with Crippen LogP contribution in [0.4, 0.5) is 10.7 Å². The van der Waals surface area contributed by atoms with Crippen LogP contribution in [0.1, 0.15) is 5.56 Å². The van der Waals surface area contributed by atoms with Crippen LogP contribution in [0.2, 0.25) is 0 Å². The molecule has 0 saturated heterocycles. The number of hydrogen-bond acceptors (Lipinski definition) is 4. The molecule has 1 aromatic heterocycles. The van der Waals surface area contributed by atoms with Crippen LogP contribution < -0.4 is 5.32 Å². The molecule has 3 nitrogen and oxygen atoms in total. The molecule has 0 aliphatic heterocycles. The maximum absolute atomic E-state index is 3.77. The van der Waals surface area contributed by atoms with E-state index in [1.807, 2.05) is 12.1 Å². The number of aryl methyl sites for hydroxylation is 1. The van der Waals surface area contributed by atoms with Crippen LogP contribution in [0.15, 0.2) is 30.5 Å². The summed E-state index contributed by atoms with van der Waals surface area (Å²) in [5.41, 5.74) is 2.31. The molecule has 0 aliphatic carbocycles.